The van der Waals surface area contributed by atoms with Crippen LogP contribution in [0, 0.1) is 10.1 Å². The Kier molecular flexibility index (Phi) is 4.93. The Morgan fingerprint density at radius 3 is 2.69 bits per heavy atom. The number of nitrogens with zero attached hydrogens (tertiary/aromatic N) is 3. The molecule has 0 atom stereocenters. The third-order valence-electron chi connectivity index (χ3n) is 3.58. The Morgan fingerprint density at radius 2 is 2.04 bits per heavy atom. The van der Waals surface area contributed by atoms with E-state index in [4.69, 9.17) is 9.15 Å². The van der Waals surface area contributed by atoms with E-state index in [2.05, 4.69) is 5.10 Å². The number of hydrogen-bond donors (Lipinski definition) is 0. The number of ketones is 1. The van der Waals surface area contributed by atoms with Crippen LogP contribution in [0.15, 0.2) is 59.2 Å². The lowest BCUT2D eigenvalue weighted by molar-refractivity contribution is -0.384. The fraction of sp³-hybridized carbons (Fsp3) is 0.111. The first-order valence-corrected chi connectivity index (χ1v) is 7.69. The standard InChI is InChI=1S/C18H15N3O5/c1-20-17(10-11-19-20)18(22)9-8-15-6-7-16(26-15)12-25-14-4-2-13(3-5-14)21(23)24/h2-11H,12H2,1H3. The van der Waals surface area contributed by atoms with Gasteiger partial charge in [0.05, 0.1) is 4.92 Å². The number of nitro groups is 1. The Labute approximate surface area is 148 Å². The number of rotatable bonds is 7. The highest BCUT2D eigenvalue weighted by atomic mass is 16.6. The van der Waals surface area contributed by atoms with Crippen LogP contribution in [0.5, 0.6) is 5.75 Å². The first-order chi connectivity index (χ1) is 12.5. The fourth-order valence-corrected chi connectivity index (χ4v) is 2.24. The highest BCUT2D eigenvalue weighted by molar-refractivity contribution is 6.05. The van der Waals surface area contributed by atoms with Gasteiger partial charge in [0.2, 0.25) is 5.78 Å². The zero-order valence-corrected chi connectivity index (χ0v) is 13.9. The number of allylic oxidation sites excluding steroid dienone is 1. The Hall–Kier alpha value is -3.68. The SMILES string of the molecule is Cn1nccc1C(=O)C=Cc1ccc(COc2ccc([N+](=O)[O-])cc2)o1. The minimum atomic E-state index is -0.471. The molecule has 0 radical (unpaired) electrons. The first-order valence-electron chi connectivity index (χ1n) is 7.69. The molecule has 2 heterocycles. The number of hydrogen-bond acceptors (Lipinski definition) is 6. The molecule has 0 spiro atoms. The average Bonchev–Trinajstić information content (AvgIpc) is 3.27. The Balaban J connectivity index is 1.57. The van der Waals surface area contributed by atoms with E-state index in [0.29, 0.717) is 23.0 Å². The van der Waals surface area contributed by atoms with Crippen molar-refractivity contribution in [1.82, 2.24) is 9.78 Å². The van der Waals surface area contributed by atoms with E-state index in [1.54, 1.807) is 37.5 Å². The Bertz CT molecular complexity index is 953. The third-order valence-corrected chi connectivity index (χ3v) is 3.58. The summed E-state index contributed by atoms with van der Waals surface area (Å²) in [5, 5.41) is 14.6. The molecule has 26 heavy (non-hydrogen) atoms. The van der Waals surface area contributed by atoms with E-state index in [0.717, 1.165) is 0 Å². The van der Waals surface area contributed by atoms with Gasteiger partial charge in [-0.15, -0.1) is 0 Å². The molecular weight excluding hydrogens is 338 g/mol. The van der Waals surface area contributed by atoms with Crippen LogP contribution in [0.1, 0.15) is 22.0 Å². The van der Waals surface area contributed by atoms with Gasteiger partial charge in [-0.05, 0) is 42.5 Å². The Morgan fingerprint density at radius 1 is 1.27 bits per heavy atom. The highest BCUT2D eigenvalue weighted by Gasteiger charge is 2.08. The molecule has 3 rings (SSSR count). The molecule has 132 valence electrons. The number of ether oxygens (including phenoxy) is 1. The molecule has 0 aliphatic rings. The summed E-state index contributed by atoms with van der Waals surface area (Å²) in [6.45, 7) is 0.168. The van der Waals surface area contributed by atoms with Crippen molar-refractivity contribution in [2.45, 2.75) is 6.61 Å². The van der Waals surface area contributed by atoms with Crippen LogP contribution in [0.4, 0.5) is 5.69 Å². The monoisotopic (exact) mass is 353 g/mol. The molecule has 0 aliphatic carbocycles. The summed E-state index contributed by atoms with van der Waals surface area (Å²) in [6, 6.07) is 10.9. The molecule has 0 aliphatic heterocycles. The molecule has 0 unspecified atom stereocenters. The van der Waals surface area contributed by atoms with E-state index in [9.17, 15) is 14.9 Å². The van der Waals surface area contributed by atoms with Crippen LogP contribution in [0.2, 0.25) is 0 Å². The summed E-state index contributed by atoms with van der Waals surface area (Å²) in [5.74, 6) is 1.40. The number of non-ortho nitro benzene ring substituents is 1. The van der Waals surface area contributed by atoms with Crippen molar-refractivity contribution in [3.63, 3.8) is 0 Å². The molecule has 0 amide bonds. The number of aromatic nitrogens is 2. The summed E-state index contributed by atoms with van der Waals surface area (Å²) in [7, 11) is 1.70. The molecule has 1 aromatic carbocycles. The second-order valence-electron chi connectivity index (χ2n) is 5.38. The predicted molar refractivity (Wildman–Crippen MR) is 92.7 cm³/mol. The number of nitro benzene ring substituents is 1. The second kappa shape index (κ2) is 7.47. The van der Waals surface area contributed by atoms with Crippen molar-refractivity contribution in [2.75, 3.05) is 0 Å². The normalized spacial score (nSPS) is 11.0. The second-order valence-corrected chi connectivity index (χ2v) is 5.38. The quantitative estimate of drug-likeness (QED) is 0.279. The summed E-state index contributed by atoms with van der Waals surface area (Å²) in [6.07, 6.45) is 4.54. The van der Waals surface area contributed by atoms with Gasteiger partial charge >= 0.3 is 0 Å². The maximum Gasteiger partial charge on any atom is 0.269 e. The van der Waals surface area contributed by atoms with Gasteiger partial charge < -0.3 is 9.15 Å². The lowest BCUT2D eigenvalue weighted by atomic mass is 10.2. The number of aryl methyl sites for hydroxylation is 1. The van der Waals surface area contributed by atoms with E-state index in [-0.39, 0.29) is 18.1 Å². The molecule has 0 bridgehead atoms. The smallest absolute Gasteiger partial charge is 0.269 e. The molecule has 3 aromatic rings. The molecule has 0 fully saturated rings. The van der Waals surface area contributed by atoms with Crippen LogP contribution in [0.3, 0.4) is 0 Å². The number of benzene rings is 1. The van der Waals surface area contributed by atoms with Gasteiger partial charge in [-0.2, -0.15) is 5.10 Å². The number of furan rings is 1. The van der Waals surface area contributed by atoms with Gasteiger partial charge in [0, 0.05) is 25.4 Å². The molecule has 0 saturated heterocycles. The van der Waals surface area contributed by atoms with Gasteiger partial charge in [-0.25, -0.2) is 0 Å². The predicted octanol–water partition coefficient (Wildman–Crippen LogP) is 3.40. The zero-order chi connectivity index (χ0) is 18.5. The first kappa shape index (κ1) is 17.2. The molecule has 8 heteroatoms. The van der Waals surface area contributed by atoms with Gasteiger partial charge in [-0.3, -0.25) is 19.6 Å². The summed E-state index contributed by atoms with van der Waals surface area (Å²) < 4.78 is 12.6. The fourth-order valence-electron chi connectivity index (χ4n) is 2.24. The topological polar surface area (TPSA) is 100 Å². The molecule has 2 aromatic heterocycles. The van der Waals surface area contributed by atoms with E-state index < -0.39 is 4.92 Å². The van der Waals surface area contributed by atoms with Crippen molar-refractivity contribution >= 4 is 17.5 Å². The summed E-state index contributed by atoms with van der Waals surface area (Å²) in [4.78, 5) is 22.2. The van der Waals surface area contributed by atoms with Crippen LogP contribution in [-0.4, -0.2) is 20.5 Å². The van der Waals surface area contributed by atoms with Crippen molar-refractivity contribution < 1.29 is 18.9 Å². The van der Waals surface area contributed by atoms with Crippen molar-refractivity contribution in [3.05, 3.63) is 82.1 Å². The van der Waals surface area contributed by atoms with E-state index >= 15 is 0 Å². The van der Waals surface area contributed by atoms with Crippen LogP contribution >= 0.6 is 0 Å². The van der Waals surface area contributed by atoms with Crippen molar-refractivity contribution in [3.8, 4) is 5.75 Å². The van der Waals surface area contributed by atoms with Gasteiger partial charge in [0.25, 0.3) is 5.69 Å². The van der Waals surface area contributed by atoms with Gasteiger partial charge in [0.15, 0.2) is 0 Å². The summed E-state index contributed by atoms with van der Waals surface area (Å²) in [5.41, 5.74) is 0.482. The van der Waals surface area contributed by atoms with E-state index in [1.165, 1.54) is 35.0 Å². The van der Waals surface area contributed by atoms with Crippen LogP contribution in [0.25, 0.3) is 6.08 Å². The number of carbonyl (C=O) groups excluding carboxylic acids is 1. The third kappa shape index (κ3) is 4.04. The molecule has 8 nitrogen and oxygen atoms in total. The lowest BCUT2D eigenvalue weighted by Crippen LogP contribution is -2.03. The van der Waals surface area contributed by atoms with Crippen molar-refractivity contribution in [2.24, 2.45) is 7.05 Å². The minimum absolute atomic E-state index is 0.000798. The van der Waals surface area contributed by atoms with Crippen LogP contribution < -0.4 is 4.74 Å². The van der Waals surface area contributed by atoms with Gasteiger partial charge in [0.1, 0.15) is 29.6 Å². The van der Waals surface area contributed by atoms with Crippen LogP contribution in [-0.2, 0) is 13.7 Å². The minimum Gasteiger partial charge on any atom is -0.486 e. The zero-order valence-electron chi connectivity index (χ0n) is 13.9. The molecule has 0 saturated carbocycles. The van der Waals surface area contributed by atoms with E-state index in [1.807, 2.05) is 0 Å². The highest BCUT2D eigenvalue weighted by Crippen LogP contribution is 2.19. The number of carbonyl (C=O) groups is 1. The average molecular weight is 353 g/mol. The molecular formula is C18H15N3O5. The van der Waals surface area contributed by atoms with Crippen molar-refractivity contribution in [1.29, 1.82) is 0 Å². The summed E-state index contributed by atoms with van der Waals surface area (Å²) >= 11 is 0. The largest absolute Gasteiger partial charge is 0.486 e. The maximum absolute atomic E-state index is 12.0. The van der Waals surface area contributed by atoms with Gasteiger partial charge in [-0.1, -0.05) is 0 Å². The maximum atomic E-state index is 12.0. The molecule has 0 N–H and O–H groups in total. The lowest BCUT2D eigenvalue weighted by Gasteiger charge is -2.03.